The van der Waals surface area contributed by atoms with Crippen LogP contribution in [0.25, 0.3) is 0 Å². The number of carboxylic acid groups (broad SMARTS) is 1. The summed E-state index contributed by atoms with van der Waals surface area (Å²) in [5.41, 5.74) is 2.12. The van der Waals surface area contributed by atoms with Gasteiger partial charge < -0.3 is 10.2 Å². The number of sulfonamides is 1. The van der Waals surface area contributed by atoms with Crippen molar-refractivity contribution in [2.24, 2.45) is 0 Å². The topological polar surface area (TPSA) is 104 Å². The van der Waals surface area contributed by atoms with Crippen molar-refractivity contribution in [1.82, 2.24) is 4.72 Å². The van der Waals surface area contributed by atoms with E-state index < -0.39 is 28.6 Å². The largest absolute Gasteiger partial charge is 0.480 e. The van der Waals surface area contributed by atoms with E-state index in [0.717, 1.165) is 30.4 Å². The lowest BCUT2D eigenvalue weighted by molar-refractivity contribution is -0.139. The lowest BCUT2D eigenvalue weighted by Gasteiger charge is -2.13. The monoisotopic (exact) mass is 285 g/mol. The normalized spacial score (nSPS) is 16.1. The number of aliphatic hydroxyl groups excluding tert-OH is 1. The molecule has 0 unspecified atom stereocenters. The number of aliphatic carboxylic acids is 1. The van der Waals surface area contributed by atoms with Gasteiger partial charge in [0.15, 0.2) is 0 Å². The number of benzene rings is 1. The van der Waals surface area contributed by atoms with Crippen LogP contribution >= 0.6 is 0 Å². The highest BCUT2D eigenvalue weighted by Crippen LogP contribution is 2.24. The van der Waals surface area contributed by atoms with Crippen molar-refractivity contribution < 1.29 is 23.4 Å². The molecule has 0 saturated carbocycles. The zero-order valence-corrected chi connectivity index (χ0v) is 11.0. The van der Waals surface area contributed by atoms with Crippen LogP contribution in [-0.2, 0) is 27.7 Å². The van der Waals surface area contributed by atoms with Gasteiger partial charge in [-0.25, -0.2) is 8.42 Å². The number of aryl methyl sites for hydroxylation is 2. The van der Waals surface area contributed by atoms with Gasteiger partial charge in [0, 0.05) is 0 Å². The Hall–Kier alpha value is -1.44. The molecule has 0 spiro atoms. The second-order valence-electron chi connectivity index (χ2n) is 4.48. The predicted molar refractivity (Wildman–Crippen MR) is 67.3 cm³/mol. The van der Waals surface area contributed by atoms with Gasteiger partial charge in [-0.05, 0) is 42.5 Å². The van der Waals surface area contributed by atoms with E-state index in [1.807, 2.05) is 4.72 Å². The first-order valence-electron chi connectivity index (χ1n) is 5.92. The zero-order chi connectivity index (χ0) is 14.0. The maximum absolute atomic E-state index is 12.0. The average molecular weight is 285 g/mol. The molecule has 1 aromatic carbocycles. The van der Waals surface area contributed by atoms with Gasteiger partial charge >= 0.3 is 5.97 Å². The minimum absolute atomic E-state index is 0.0350. The molecule has 0 fully saturated rings. The third-order valence-corrected chi connectivity index (χ3v) is 4.63. The second-order valence-corrected chi connectivity index (χ2v) is 6.19. The maximum atomic E-state index is 12.0. The Morgan fingerprint density at radius 3 is 2.63 bits per heavy atom. The standard InChI is InChI=1S/C12H15NO5S/c14-7-11(12(15)16)13-19(17,18)10-5-4-8-2-1-3-9(8)6-10/h4-6,11,13-14H,1-3,7H2,(H,15,16)/t11-/m1/s1. The highest BCUT2D eigenvalue weighted by Gasteiger charge is 2.25. The van der Waals surface area contributed by atoms with Crippen LogP contribution in [0.5, 0.6) is 0 Å². The Bertz CT molecular complexity index is 596. The molecule has 6 nitrogen and oxygen atoms in total. The smallest absolute Gasteiger partial charge is 0.324 e. The van der Waals surface area contributed by atoms with Crippen molar-refractivity contribution in [3.63, 3.8) is 0 Å². The van der Waals surface area contributed by atoms with Crippen molar-refractivity contribution in [2.75, 3.05) is 6.61 Å². The van der Waals surface area contributed by atoms with Gasteiger partial charge in [-0.3, -0.25) is 4.79 Å². The third kappa shape index (κ3) is 2.94. The minimum Gasteiger partial charge on any atom is -0.480 e. The van der Waals surface area contributed by atoms with Crippen LogP contribution in [0.15, 0.2) is 23.1 Å². The maximum Gasteiger partial charge on any atom is 0.324 e. The number of nitrogens with one attached hydrogen (secondary N) is 1. The van der Waals surface area contributed by atoms with E-state index in [4.69, 9.17) is 10.2 Å². The fourth-order valence-corrected chi connectivity index (χ4v) is 3.37. The van der Waals surface area contributed by atoms with Crippen molar-refractivity contribution in [1.29, 1.82) is 0 Å². The lowest BCUT2D eigenvalue weighted by Crippen LogP contribution is -2.43. The molecule has 0 aromatic heterocycles. The molecule has 0 amide bonds. The Morgan fingerprint density at radius 1 is 1.32 bits per heavy atom. The summed E-state index contributed by atoms with van der Waals surface area (Å²) in [6.45, 7) is -0.792. The van der Waals surface area contributed by atoms with Crippen LogP contribution in [0.2, 0.25) is 0 Å². The molecule has 1 atom stereocenters. The zero-order valence-electron chi connectivity index (χ0n) is 10.2. The molecule has 1 aliphatic rings. The molecule has 1 aromatic rings. The van der Waals surface area contributed by atoms with E-state index in [2.05, 4.69) is 0 Å². The molecule has 19 heavy (non-hydrogen) atoms. The highest BCUT2D eigenvalue weighted by molar-refractivity contribution is 7.89. The van der Waals surface area contributed by atoms with E-state index >= 15 is 0 Å². The lowest BCUT2D eigenvalue weighted by atomic mass is 10.1. The van der Waals surface area contributed by atoms with Crippen LogP contribution in [0, 0.1) is 0 Å². The Balaban J connectivity index is 2.27. The van der Waals surface area contributed by atoms with Crippen LogP contribution in [0.1, 0.15) is 17.5 Å². The van der Waals surface area contributed by atoms with E-state index in [1.165, 1.54) is 6.07 Å². The molecule has 3 N–H and O–H groups in total. The number of aliphatic hydroxyl groups is 1. The number of hydrogen-bond donors (Lipinski definition) is 3. The van der Waals surface area contributed by atoms with Crippen molar-refractivity contribution in [3.05, 3.63) is 29.3 Å². The Morgan fingerprint density at radius 2 is 2.00 bits per heavy atom. The minimum atomic E-state index is -3.93. The molecule has 7 heteroatoms. The van der Waals surface area contributed by atoms with Gasteiger partial charge in [0.05, 0.1) is 11.5 Å². The van der Waals surface area contributed by atoms with E-state index in [9.17, 15) is 13.2 Å². The number of hydrogen-bond acceptors (Lipinski definition) is 4. The van der Waals surface area contributed by atoms with E-state index in [-0.39, 0.29) is 4.90 Å². The van der Waals surface area contributed by atoms with Gasteiger partial charge in [-0.2, -0.15) is 4.72 Å². The summed E-state index contributed by atoms with van der Waals surface area (Å²) in [6.07, 6.45) is 2.78. The first-order valence-corrected chi connectivity index (χ1v) is 7.40. The summed E-state index contributed by atoms with van der Waals surface area (Å²) in [5.74, 6) is -1.41. The molecule has 1 aliphatic carbocycles. The number of rotatable bonds is 5. The summed E-state index contributed by atoms with van der Waals surface area (Å²) in [6, 6.07) is 3.26. The van der Waals surface area contributed by atoms with Crippen LogP contribution in [-0.4, -0.2) is 37.2 Å². The SMILES string of the molecule is O=C(O)[C@@H](CO)NS(=O)(=O)c1ccc2c(c1)CCC2. The van der Waals surface area contributed by atoms with Gasteiger partial charge in [-0.15, -0.1) is 0 Å². The molecular formula is C12H15NO5S. The first-order chi connectivity index (χ1) is 8.94. The molecular weight excluding hydrogens is 270 g/mol. The summed E-state index contributed by atoms with van der Waals surface area (Å²) in [7, 11) is -3.93. The van der Waals surface area contributed by atoms with E-state index in [0.29, 0.717) is 0 Å². The van der Waals surface area contributed by atoms with Crippen LogP contribution in [0.4, 0.5) is 0 Å². The Labute approximate surface area is 111 Å². The van der Waals surface area contributed by atoms with Crippen molar-refractivity contribution >= 4 is 16.0 Å². The van der Waals surface area contributed by atoms with Gasteiger partial charge in [0.2, 0.25) is 10.0 Å². The fourth-order valence-electron chi connectivity index (χ4n) is 2.14. The number of fused-ring (bicyclic) bond motifs is 1. The molecule has 0 bridgehead atoms. The summed E-state index contributed by atoms with van der Waals surface area (Å²) in [4.78, 5) is 10.8. The van der Waals surface area contributed by atoms with Crippen LogP contribution in [0.3, 0.4) is 0 Å². The first kappa shape index (κ1) is 14.0. The molecule has 0 saturated heterocycles. The molecule has 104 valence electrons. The molecule has 0 aliphatic heterocycles. The number of carboxylic acids is 1. The summed E-state index contributed by atoms with van der Waals surface area (Å²) >= 11 is 0. The second kappa shape index (κ2) is 5.28. The predicted octanol–water partition coefficient (Wildman–Crippen LogP) is -0.101. The van der Waals surface area contributed by atoms with Gasteiger partial charge in [0.25, 0.3) is 0 Å². The third-order valence-electron chi connectivity index (χ3n) is 3.16. The van der Waals surface area contributed by atoms with Gasteiger partial charge in [0.1, 0.15) is 6.04 Å². The quantitative estimate of drug-likeness (QED) is 0.701. The summed E-state index contributed by atoms with van der Waals surface area (Å²) in [5, 5.41) is 17.6. The molecule has 0 radical (unpaired) electrons. The average Bonchev–Trinajstić information content (AvgIpc) is 2.82. The fraction of sp³-hybridized carbons (Fsp3) is 0.417. The molecule has 0 heterocycles. The van der Waals surface area contributed by atoms with Crippen LogP contribution < -0.4 is 4.72 Å². The van der Waals surface area contributed by atoms with Crippen molar-refractivity contribution in [3.8, 4) is 0 Å². The number of carbonyl (C=O) groups is 1. The summed E-state index contributed by atoms with van der Waals surface area (Å²) < 4.78 is 26.0. The highest BCUT2D eigenvalue weighted by atomic mass is 32.2. The van der Waals surface area contributed by atoms with E-state index in [1.54, 1.807) is 12.1 Å². The molecule has 2 rings (SSSR count). The van der Waals surface area contributed by atoms with Gasteiger partial charge in [-0.1, -0.05) is 6.07 Å². The Kier molecular flexibility index (Phi) is 3.88. The van der Waals surface area contributed by atoms with Crippen molar-refractivity contribution in [2.45, 2.75) is 30.2 Å².